The Hall–Kier alpha value is -7.44. The Labute approximate surface area is 627 Å². The van der Waals surface area contributed by atoms with Gasteiger partial charge in [0.25, 0.3) is 25.8 Å². The third-order valence-corrected chi connectivity index (χ3v) is 25.2. The molecule has 1 aliphatic carbocycles. The van der Waals surface area contributed by atoms with Crippen LogP contribution < -0.4 is 25.6 Å². The summed E-state index contributed by atoms with van der Waals surface area (Å²) in [6, 6.07) is 26.5. The second-order valence-electron chi connectivity index (χ2n) is 29.6. The van der Waals surface area contributed by atoms with Crippen molar-refractivity contribution in [1.29, 1.82) is 0 Å². The molecule has 4 aromatic carbocycles. The molecule has 5 heterocycles. The number of piperazine rings is 2. The van der Waals surface area contributed by atoms with E-state index in [1.807, 2.05) is 106 Å². The number of thiazole rings is 1. The molecule has 10 rings (SSSR count). The number of nitrogens with one attached hydrogen (secondary N) is 4. The van der Waals surface area contributed by atoms with Crippen molar-refractivity contribution in [2.24, 2.45) is 10.8 Å². The fraction of sp³-hybridized carbons (Fsp3) is 0.487. The quantitative estimate of drug-likeness (QED) is 0.0226. The molecular weight excluding hydrogens is 1450 g/mol. The number of aryl methyl sites for hydroxylation is 1. The zero-order valence-corrected chi connectivity index (χ0v) is 64.4. The number of anilines is 2. The Balaban J connectivity index is 0.690. The van der Waals surface area contributed by atoms with E-state index >= 15 is 0 Å². The van der Waals surface area contributed by atoms with Gasteiger partial charge in [-0.25, -0.2) is 26.5 Å². The smallest absolute Gasteiger partial charge is 0.391 e. The number of aromatic nitrogens is 2. The van der Waals surface area contributed by atoms with E-state index in [1.165, 1.54) is 39.9 Å². The minimum absolute atomic E-state index is 0.0468. The predicted molar refractivity (Wildman–Crippen MR) is 405 cm³/mol. The van der Waals surface area contributed by atoms with Crippen LogP contribution in [0.3, 0.4) is 0 Å². The number of amides is 5. The van der Waals surface area contributed by atoms with Crippen LogP contribution in [-0.2, 0) is 39.0 Å². The van der Waals surface area contributed by atoms with E-state index in [0.29, 0.717) is 82.6 Å². The highest BCUT2D eigenvalue weighted by Gasteiger charge is 2.49. The lowest BCUT2D eigenvalue weighted by Crippen LogP contribution is -2.57. The lowest BCUT2D eigenvalue weighted by Gasteiger charge is -2.39. The number of sulfonamides is 1. The molecule has 0 saturated carbocycles. The first-order valence-corrected chi connectivity index (χ1v) is 40.9. The zero-order valence-electron chi connectivity index (χ0n) is 60.4. The number of benzene rings is 4. The minimum atomic E-state index is -6.19. The van der Waals surface area contributed by atoms with E-state index in [-0.39, 0.29) is 54.4 Å². The highest BCUT2D eigenvalue weighted by atomic mass is 35.5. The first-order valence-electron chi connectivity index (χ1n) is 35.7. The van der Waals surface area contributed by atoms with Crippen LogP contribution in [0.25, 0.3) is 16.0 Å². The molecule has 0 spiro atoms. The second kappa shape index (κ2) is 34.6. The topological polar surface area (TPSA) is 264 Å². The Morgan fingerprint density at radius 3 is 2.14 bits per heavy atom. The number of hydrogen-bond acceptors (Lipinski definition) is 18. The summed E-state index contributed by atoms with van der Waals surface area (Å²) in [5.41, 5.74) is 2.03. The van der Waals surface area contributed by atoms with E-state index in [2.05, 4.69) is 54.5 Å². The molecule has 3 aliphatic heterocycles. The molecule has 5 N–H and O–H groups in total. The Kier molecular flexibility index (Phi) is 26.4. The lowest BCUT2D eigenvalue weighted by molar-refractivity contribution is -0.144. The largest absolute Gasteiger partial charge is 0.501 e. The molecule has 0 bridgehead atoms. The van der Waals surface area contributed by atoms with Gasteiger partial charge in [-0.3, -0.25) is 38.8 Å². The maximum absolute atomic E-state index is 14.6. The molecule has 3 fully saturated rings. The maximum Gasteiger partial charge on any atom is 0.501 e. The van der Waals surface area contributed by atoms with Crippen molar-refractivity contribution in [2.45, 2.75) is 163 Å². The molecule has 3 saturated heterocycles. The Bertz CT molecular complexity index is 4300. The number of carbonyl (C=O) groups is 5. The van der Waals surface area contributed by atoms with Gasteiger partial charge in [-0.15, -0.1) is 23.1 Å². The van der Waals surface area contributed by atoms with Crippen LogP contribution in [0.15, 0.2) is 141 Å². The number of likely N-dealkylation sites (tertiary alicyclic amines) is 1. The fourth-order valence-electron chi connectivity index (χ4n) is 13.9. The molecular formula is C76H95ClF3N11O10S4. The van der Waals surface area contributed by atoms with Crippen LogP contribution in [0, 0.1) is 17.8 Å². The first-order chi connectivity index (χ1) is 49.7. The number of hydrogen-bond donors (Lipinski definition) is 5. The molecule has 566 valence electrons. The number of rotatable bonds is 28. The molecule has 5 amide bonds. The molecule has 105 heavy (non-hydrogen) atoms. The van der Waals surface area contributed by atoms with Gasteiger partial charge in [0.2, 0.25) is 23.6 Å². The van der Waals surface area contributed by atoms with Crippen LogP contribution in [0.4, 0.5) is 24.5 Å². The van der Waals surface area contributed by atoms with Crippen molar-refractivity contribution < 1.29 is 59.1 Å². The third-order valence-electron chi connectivity index (χ3n) is 20.0. The number of carbonyl (C=O) groups excluding carboxylic acids is 5. The number of pyridine rings is 1. The van der Waals surface area contributed by atoms with Gasteiger partial charge in [0.05, 0.1) is 49.5 Å². The van der Waals surface area contributed by atoms with Crippen LogP contribution in [0.1, 0.15) is 139 Å². The number of halogens is 4. The molecule has 5 atom stereocenters. The van der Waals surface area contributed by atoms with Crippen molar-refractivity contribution >= 4 is 101 Å². The SMILES string of the molecule is Cc1ncsc1-c1ccc([C@H](C)NC(=O)[C@@H]2C[C@@H](O)CN2C(=O)[C@@H](NC(=O)CCCCCC(=O)N2CCN(CC[C@H](CSc3ccccc3)Nc3ccc(S(=O)(=O)NC(=O)c4ccc(N5CCN(CC6=C(c7ccc(Cl)cn7)CCC(C)(C)C6)CC5)cc4)cc3S(=O)(=O)C(F)(F)F)CC2)C(C)(C)C)cc1. The van der Waals surface area contributed by atoms with Crippen molar-refractivity contribution in [3.63, 3.8) is 0 Å². The van der Waals surface area contributed by atoms with Gasteiger partial charge in [0, 0.05) is 125 Å². The van der Waals surface area contributed by atoms with E-state index in [0.717, 1.165) is 89.0 Å². The number of unbranched alkanes of at least 4 members (excludes halogenated alkanes) is 2. The third kappa shape index (κ3) is 21.0. The standard InChI is InChI=1S/C76H95ClF3N11O10S4/c1-50(52-18-20-53(21-19-52)69-51(2)82-49-103-69)83-72(96)65-42-59(92)47-91(65)73(97)70(74(3,4)5)85-67(93)16-12-9-13-17-68(94)90-40-34-87(35-41-90)33-31-57(48-102-60-14-10-8-11-15-60)84-64-29-27-61(43-66(64)104(98,99)76(78,79)80)105(100,101)86-71(95)54-22-25-58(26-23-54)89-38-36-88(37-39-89)46-55-44-75(6,7)32-30-62(55)63-28-24-56(77)45-81-63/h8,10-11,14-15,18-29,43,45,49-50,57,59,65,70,84,92H,9,12-13,16-17,30-42,44,46-48H2,1-7H3,(H,83,96)(H,85,93)(H,86,95)/t50-,57+,59+,65-,70+/m0/s1. The molecule has 0 unspecified atom stereocenters. The summed E-state index contributed by atoms with van der Waals surface area (Å²) in [6.07, 6.45) is 5.86. The highest BCUT2D eigenvalue weighted by molar-refractivity contribution is 7.99. The summed E-state index contributed by atoms with van der Waals surface area (Å²) in [7, 11) is -11.1. The summed E-state index contributed by atoms with van der Waals surface area (Å²) in [5.74, 6) is -2.11. The van der Waals surface area contributed by atoms with E-state index < -0.39 is 94.3 Å². The number of alkyl halides is 3. The van der Waals surface area contributed by atoms with Crippen LogP contribution >= 0.6 is 34.7 Å². The van der Waals surface area contributed by atoms with Crippen LogP contribution in [0.5, 0.6) is 0 Å². The normalized spacial score (nSPS) is 18.7. The summed E-state index contributed by atoms with van der Waals surface area (Å²) in [6.45, 7) is 19.6. The number of aliphatic hydroxyl groups is 1. The maximum atomic E-state index is 14.6. The summed E-state index contributed by atoms with van der Waals surface area (Å²) < 4.78 is 100. The monoisotopic (exact) mass is 1540 g/mol. The van der Waals surface area contributed by atoms with Crippen molar-refractivity contribution in [3.8, 4) is 10.4 Å². The number of nitrogens with zero attached hydrogens (tertiary/aromatic N) is 7. The average molecular weight is 1540 g/mol. The van der Waals surface area contributed by atoms with Gasteiger partial charge in [0.15, 0.2) is 0 Å². The molecule has 2 aromatic heterocycles. The number of β-amino-alcohol motifs (C(OH)–C–C–N with tert-alkyl or cyclic N) is 1. The molecule has 4 aliphatic rings. The van der Waals surface area contributed by atoms with Gasteiger partial charge in [-0.05, 0) is 147 Å². The molecule has 29 heteroatoms. The van der Waals surface area contributed by atoms with Crippen LogP contribution in [0.2, 0.25) is 5.02 Å². The van der Waals surface area contributed by atoms with Gasteiger partial charge in [0.1, 0.15) is 17.0 Å². The summed E-state index contributed by atoms with van der Waals surface area (Å²) >= 11 is 9.10. The van der Waals surface area contributed by atoms with Crippen LogP contribution in [-0.4, -0.2) is 189 Å². The number of sulfone groups is 1. The van der Waals surface area contributed by atoms with Gasteiger partial charge in [-0.1, -0.05) is 101 Å². The fourth-order valence-corrected chi connectivity index (χ4v) is 17.8. The first kappa shape index (κ1) is 80.1. The highest BCUT2D eigenvalue weighted by Crippen LogP contribution is 2.43. The predicted octanol–water partition coefficient (Wildman–Crippen LogP) is 11.8. The van der Waals surface area contributed by atoms with Crippen molar-refractivity contribution in [3.05, 3.63) is 154 Å². The zero-order chi connectivity index (χ0) is 75.6. The van der Waals surface area contributed by atoms with Crippen molar-refractivity contribution in [1.82, 2.24) is 44.9 Å². The minimum Gasteiger partial charge on any atom is -0.391 e. The van der Waals surface area contributed by atoms with Gasteiger partial charge < -0.3 is 35.8 Å². The number of allylic oxidation sites excluding steroid dienone is 1. The summed E-state index contributed by atoms with van der Waals surface area (Å²) in [5, 5.41) is 20.3. The lowest BCUT2D eigenvalue weighted by atomic mass is 9.73. The Morgan fingerprint density at radius 2 is 1.50 bits per heavy atom. The van der Waals surface area contributed by atoms with E-state index in [1.54, 1.807) is 40.1 Å². The number of thioether (sulfide) groups is 1. The molecule has 6 aromatic rings. The van der Waals surface area contributed by atoms with E-state index in [9.17, 15) is 59.1 Å². The Morgan fingerprint density at radius 1 is 0.810 bits per heavy atom. The van der Waals surface area contributed by atoms with E-state index in [4.69, 9.17) is 11.6 Å². The second-order valence-corrected chi connectivity index (χ2v) is 35.5. The molecule has 21 nitrogen and oxygen atoms in total. The molecule has 0 radical (unpaired) electrons. The van der Waals surface area contributed by atoms with Crippen molar-refractivity contribution in [2.75, 3.05) is 88.0 Å². The average Bonchev–Trinajstić information content (AvgIpc) is 0.849. The van der Waals surface area contributed by atoms with Gasteiger partial charge >= 0.3 is 5.51 Å². The van der Waals surface area contributed by atoms with Gasteiger partial charge in [-0.2, -0.15) is 13.2 Å². The summed E-state index contributed by atoms with van der Waals surface area (Å²) in [4.78, 5) is 87.2. The number of aliphatic hydroxyl groups excluding tert-OH is 1.